The minimum absolute atomic E-state index is 0.0184. The van der Waals surface area contributed by atoms with Crippen LogP contribution in [0.5, 0.6) is 0 Å². The van der Waals surface area contributed by atoms with Gasteiger partial charge in [0.2, 0.25) is 0 Å². The molecule has 0 aliphatic heterocycles. The molecule has 0 saturated heterocycles. The molecule has 0 aromatic heterocycles. The van der Waals surface area contributed by atoms with Crippen molar-refractivity contribution in [2.75, 3.05) is 6.61 Å². The zero-order valence-corrected chi connectivity index (χ0v) is 26.9. The molecule has 41 heavy (non-hydrogen) atoms. The van der Waals surface area contributed by atoms with Gasteiger partial charge in [-0.05, 0) is 57.8 Å². The zero-order chi connectivity index (χ0) is 29.9. The Morgan fingerprint density at radius 2 is 0.878 bits per heavy atom. The van der Waals surface area contributed by atoms with Gasteiger partial charge in [-0.15, -0.1) is 0 Å². The standard InChI is InChI=1S/C37H66O4/c1-2-3-4-5-6-7-8-9-10-11-12-13-14-15-19-22-25-28-31-34-37(40)41-35-32-29-26-23-20-17-16-18-21-24-27-30-33-36(38)39/h6-7,9-10,12-13H,2-5,8,11,14-35H2,1H3,(H,38,39)/b7-6-,10-9-,13-12-. The summed E-state index contributed by atoms with van der Waals surface area (Å²) in [5.41, 5.74) is 0. The van der Waals surface area contributed by atoms with E-state index in [0.717, 1.165) is 51.4 Å². The second-order valence-electron chi connectivity index (χ2n) is 11.6. The molecule has 0 aliphatic carbocycles. The van der Waals surface area contributed by atoms with Crippen LogP contribution in [0.2, 0.25) is 0 Å². The van der Waals surface area contributed by atoms with Crippen LogP contribution in [-0.4, -0.2) is 23.7 Å². The van der Waals surface area contributed by atoms with Crippen molar-refractivity contribution in [1.82, 2.24) is 0 Å². The van der Waals surface area contributed by atoms with Crippen molar-refractivity contribution < 1.29 is 19.4 Å². The number of ether oxygens (including phenoxy) is 1. The van der Waals surface area contributed by atoms with Gasteiger partial charge in [0.15, 0.2) is 0 Å². The van der Waals surface area contributed by atoms with Gasteiger partial charge in [-0.3, -0.25) is 9.59 Å². The number of rotatable bonds is 32. The SMILES string of the molecule is CCCCC/C=C\C/C=C\C/C=C\CCCCCCCCC(=O)OCCCCCCCCCCCCCCC(=O)O. The van der Waals surface area contributed by atoms with Gasteiger partial charge in [-0.25, -0.2) is 0 Å². The third-order valence-electron chi connectivity index (χ3n) is 7.57. The molecule has 0 fully saturated rings. The van der Waals surface area contributed by atoms with Crippen molar-refractivity contribution in [3.63, 3.8) is 0 Å². The molecule has 4 nitrogen and oxygen atoms in total. The van der Waals surface area contributed by atoms with Crippen LogP contribution in [0.15, 0.2) is 36.5 Å². The Labute approximate surface area is 254 Å². The highest BCUT2D eigenvalue weighted by Gasteiger charge is 2.02. The van der Waals surface area contributed by atoms with Crippen molar-refractivity contribution in [2.45, 2.75) is 180 Å². The highest BCUT2D eigenvalue weighted by atomic mass is 16.5. The Morgan fingerprint density at radius 1 is 0.488 bits per heavy atom. The van der Waals surface area contributed by atoms with E-state index in [9.17, 15) is 9.59 Å². The van der Waals surface area contributed by atoms with Gasteiger partial charge in [0.05, 0.1) is 6.61 Å². The van der Waals surface area contributed by atoms with Crippen molar-refractivity contribution in [3.05, 3.63) is 36.5 Å². The molecule has 0 aliphatic rings. The van der Waals surface area contributed by atoms with E-state index < -0.39 is 5.97 Å². The molecular weight excluding hydrogens is 508 g/mol. The number of carboxylic acid groups (broad SMARTS) is 1. The summed E-state index contributed by atoms with van der Waals surface area (Å²) in [5.74, 6) is -0.694. The van der Waals surface area contributed by atoms with Gasteiger partial charge in [0.25, 0.3) is 0 Å². The van der Waals surface area contributed by atoms with Gasteiger partial charge in [-0.2, -0.15) is 0 Å². The third-order valence-corrected chi connectivity index (χ3v) is 7.57. The Hall–Kier alpha value is -1.84. The van der Waals surface area contributed by atoms with Crippen LogP contribution in [-0.2, 0) is 14.3 Å². The molecule has 0 spiro atoms. The minimum Gasteiger partial charge on any atom is -0.481 e. The normalized spacial score (nSPS) is 11.8. The lowest BCUT2D eigenvalue weighted by Crippen LogP contribution is -2.05. The monoisotopic (exact) mass is 574 g/mol. The quantitative estimate of drug-likeness (QED) is 0.0493. The van der Waals surface area contributed by atoms with Crippen LogP contribution >= 0.6 is 0 Å². The van der Waals surface area contributed by atoms with E-state index in [2.05, 4.69) is 43.4 Å². The summed E-state index contributed by atoms with van der Waals surface area (Å²) in [7, 11) is 0. The third kappa shape index (κ3) is 36.1. The molecule has 0 bridgehead atoms. The first-order valence-corrected chi connectivity index (χ1v) is 17.5. The van der Waals surface area contributed by atoms with Crippen molar-refractivity contribution in [1.29, 1.82) is 0 Å². The highest BCUT2D eigenvalue weighted by molar-refractivity contribution is 5.69. The number of unbranched alkanes of at least 4 members (excludes halogenated alkanes) is 20. The first-order valence-electron chi connectivity index (χ1n) is 17.5. The second-order valence-corrected chi connectivity index (χ2v) is 11.6. The van der Waals surface area contributed by atoms with Gasteiger partial charge < -0.3 is 9.84 Å². The molecular formula is C37H66O4. The number of carbonyl (C=O) groups excluding carboxylic acids is 1. The van der Waals surface area contributed by atoms with Crippen molar-refractivity contribution in [3.8, 4) is 0 Å². The summed E-state index contributed by atoms with van der Waals surface area (Å²) in [4.78, 5) is 22.4. The van der Waals surface area contributed by atoms with E-state index in [4.69, 9.17) is 9.84 Å². The number of hydrogen-bond acceptors (Lipinski definition) is 3. The Balaban J connectivity index is 3.27. The molecule has 1 N–H and O–H groups in total. The maximum absolute atomic E-state index is 11.9. The number of carbonyl (C=O) groups is 2. The first kappa shape index (κ1) is 39.2. The summed E-state index contributed by atoms with van der Waals surface area (Å²) >= 11 is 0. The van der Waals surface area contributed by atoms with Crippen molar-refractivity contribution in [2.24, 2.45) is 0 Å². The van der Waals surface area contributed by atoms with Crippen LogP contribution in [0.3, 0.4) is 0 Å². The van der Waals surface area contributed by atoms with Crippen LogP contribution in [0.4, 0.5) is 0 Å². The number of aliphatic carboxylic acids is 1. The molecule has 0 rings (SSSR count). The highest BCUT2D eigenvalue weighted by Crippen LogP contribution is 2.13. The molecule has 0 atom stereocenters. The molecule has 0 aromatic carbocycles. The van der Waals surface area contributed by atoms with Crippen molar-refractivity contribution >= 4 is 11.9 Å². The van der Waals surface area contributed by atoms with E-state index in [1.807, 2.05) is 0 Å². The Morgan fingerprint density at radius 3 is 1.37 bits per heavy atom. The van der Waals surface area contributed by atoms with E-state index >= 15 is 0 Å². The Kier molecular flexibility index (Phi) is 32.8. The lowest BCUT2D eigenvalue weighted by atomic mass is 10.0. The number of allylic oxidation sites excluding steroid dienone is 6. The van der Waals surface area contributed by atoms with E-state index in [1.54, 1.807) is 0 Å². The maximum atomic E-state index is 11.9. The lowest BCUT2D eigenvalue weighted by molar-refractivity contribution is -0.144. The van der Waals surface area contributed by atoms with E-state index in [0.29, 0.717) is 19.4 Å². The first-order chi connectivity index (χ1) is 20.2. The molecule has 0 amide bonds. The summed E-state index contributed by atoms with van der Waals surface area (Å²) < 4.78 is 5.40. The predicted octanol–water partition coefficient (Wildman–Crippen LogP) is 11.8. The number of esters is 1. The van der Waals surface area contributed by atoms with E-state index in [1.165, 1.54) is 109 Å². The molecule has 0 radical (unpaired) electrons. The summed E-state index contributed by atoms with van der Waals surface area (Å²) in [6, 6.07) is 0. The smallest absolute Gasteiger partial charge is 0.305 e. The zero-order valence-electron chi connectivity index (χ0n) is 26.9. The lowest BCUT2D eigenvalue weighted by Gasteiger charge is -2.05. The Bertz CT molecular complexity index is 649. The summed E-state index contributed by atoms with van der Waals surface area (Å²) in [5, 5.41) is 8.62. The van der Waals surface area contributed by atoms with Gasteiger partial charge in [-0.1, -0.05) is 146 Å². The second kappa shape index (κ2) is 34.4. The molecule has 4 heteroatoms. The minimum atomic E-state index is -0.676. The van der Waals surface area contributed by atoms with Crippen LogP contribution in [0.1, 0.15) is 180 Å². The molecule has 0 heterocycles. The van der Waals surface area contributed by atoms with E-state index in [-0.39, 0.29) is 5.97 Å². The largest absolute Gasteiger partial charge is 0.481 e. The van der Waals surface area contributed by atoms with Gasteiger partial charge >= 0.3 is 11.9 Å². The summed E-state index contributed by atoms with van der Waals surface area (Å²) in [6.07, 6.45) is 44.3. The fourth-order valence-electron chi connectivity index (χ4n) is 4.93. The van der Waals surface area contributed by atoms with Gasteiger partial charge in [0.1, 0.15) is 0 Å². The average molecular weight is 575 g/mol. The topological polar surface area (TPSA) is 63.6 Å². The summed E-state index contributed by atoms with van der Waals surface area (Å²) in [6.45, 7) is 2.83. The number of hydrogen-bond donors (Lipinski definition) is 1. The molecule has 0 aromatic rings. The molecule has 0 saturated carbocycles. The van der Waals surface area contributed by atoms with Crippen LogP contribution in [0.25, 0.3) is 0 Å². The average Bonchev–Trinajstić information content (AvgIpc) is 2.96. The molecule has 238 valence electrons. The predicted molar refractivity (Wildman–Crippen MR) is 176 cm³/mol. The number of carboxylic acids is 1. The fraction of sp³-hybridized carbons (Fsp3) is 0.784. The fourth-order valence-corrected chi connectivity index (χ4v) is 4.93. The van der Waals surface area contributed by atoms with Gasteiger partial charge in [0, 0.05) is 12.8 Å². The van der Waals surface area contributed by atoms with Crippen LogP contribution in [0, 0.1) is 0 Å². The maximum Gasteiger partial charge on any atom is 0.305 e. The molecule has 0 unspecified atom stereocenters. The van der Waals surface area contributed by atoms with Crippen LogP contribution < -0.4 is 0 Å².